The Bertz CT molecular complexity index is 319. The van der Waals surface area contributed by atoms with Crippen molar-refractivity contribution in [2.75, 3.05) is 19.0 Å². The summed E-state index contributed by atoms with van der Waals surface area (Å²) in [6, 6.07) is 0. The molecule has 0 atom stereocenters. The molecule has 5 heteroatoms. The van der Waals surface area contributed by atoms with Crippen LogP contribution in [0.25, 0.3) is 0 Å². The number of sulfonamides is 1. The summed E-state index contributed by atoms with van der Waals surface area (Å²) in [7, 11) is -3.42. The molecule has 1 fully saturated rings. The molecular formula is C13H27NO3S. The predicted molar refractivity (Wildman–Crippen MR) is 73.8 cm³/mol. The first-order chi connectivity index (χ1) is 8.47. The molecule has 108 valence electrons. The Labute approximate surface area is 111 Å². The summed E-state index contributed by atoms with van der Waals surface area (Å²) in [5.41, 5.74) is -0.238. The van der Waals surface area contributed by atoms with Crippen molar-refractivity contribution in [2.45, 2.75) is 58.3 Å². The Kier molecular flexibility index (Phi) is 6.60. The van der Waals surface area contributed by atoms with E-state index in [1.54, 1.807) is 0 Å². The second kappa shape index (κ2) is 7.46. The van der Waals surface area contributed by atoms with Gasteiger partial charge in [0.2, 0.25) is 10.0 Å². The van der Waals surface area contributed by atoms with E-state index < -0.39 is 10.0 Å². The SMILES string of the molecule is CCCCOCC1(CS(N)(=O)=O)CCCCCC1. The number of nitrogens with two attached hydrogens (primary N) is 1. The maximum Gasteiger partial charge on any atom is 0.209 e. The Morgan fingerprint density at radius 1 is 1.17 bits per heavy atom. The van der Waals surface area contributed by atoms with Crippen molar-refractivity contribution in [3.63, 3.8) is 0 Å². The van der Waals surface area contributed by atoms with Crippen molar-refractivity contribution in [3.8, 4) is 0 Å². The molecule has 0 aromatic rings. The van der Waals surface area contributed by atoms with E-state index in [4.69, 9.17) is 9.88 Å². The zero-order valence-electron chi connectivity index (χ0n) is 11.5. The van der Waals surface area contributed by atoms with E-state index in [2.05, 4.69) is 6.92 Å². The average molecular weight is 277 g/mol. The number of unbranched alkanes of at least 4 members (excludes halogenated alkanes) is 1. The first-order valence-corrected chi connectivity index (χ1v) is 8.77. The molecule has 0 radical (unpaired) electrons. The van der Waals surface area contributed by atoms with Gasteiger partial charge in [-0.2, -0.15) is 0 Å². The monoisotopic (exact) mass is 277 g/mol. The Morgan fingerprint density at radius 3 is 2.28 bits per heavy atom. The van der Waals surface area contributed by atoms with Gasteiger partial charge in [0.15, 0.2) is 0 Å². The van der Waals surface area contributed by atoms with Gasteiger partial charge in [0.05, 0.1) is 12.4 Å². The lowest BCUT2D eigenvalue weighted by Crippen LogP contribution is -2.37. The molecule has 0 saturated heterocycles. The fourth-order valence-corrected chi connectivity index (χ4v) is 4.00. The van der Waals surface area contributed by atoms with Crippen LogP contribution >= 0.6 is 0 Å². The van der Waals surface area contributed by atoms with E-state index in [1.165, 1.54) is 12.8 Å². The molecule has 0 unspecified atom stereocenters. The van der Waals surface area contributed by atoms with E-state index in [0.717, 1.165) is 45.1 Å². The van der Waals surface area contributed by atoms with Gasteiger partial charge in [-0.05, 0) is 19.3 Å². The van der Waals surface area contributed by atoms with Crippen LogP contribution in [0.1, 0.15) is 58.3 Å². The molecule has 0 bridgehead atoms. The second-order valence-corrected chi connectivity index (χ2v) is 7.24. The van der Waals surface area contributed by atoms with E-state index in [9.17, 15) is 8.42 Å². The lowest BCUT2D eigenvalue weighted by atomic mass is 9.83. The number of primary sulfonamides is 1. The topological polar surface area (TPSA) is 69.4 Å². The minimum atomic E-state index is -3.42. The highest BCUT2D eigenvalue weighted by Gasteiger charge is 2.35. The van der Waals surface area contributed by atoms with Crippen molar-refractivity contribution < 1.29 is 13.2 Å². The standard InChI is InChI=1S/C13H27NO3S/c1-2-3-10-17-11-13(12-18(14,15)16)8-6-4-5-7-9-13/h2-12H2,1H3,(H2,14,15,16). The molecule has 4 nitrogen and oxygen atoms in total. The summed E-state index contributed by atoms with van der Waals surface area (Å²) < 4.78 is 28.6. The van der Waals surface area contributed by atoms with E-state index in [-0.39, 0.29) is 11.2 Å². The minimum Gasteiger partial charge on any atom is -0.381 e. The molecule has 0 heterocycles. The quantitative estimate of drug-likeness (QED) is 0.574. The average Bonchev–Trinajstić information content (AvgIpc) is 2.48. The van der Waals surface area contributed by atoms with Gasteiger partial charge < -0.3 is 4.74 Å². The molecule has 1 aliphatic rings. The fourth-order valence-electron chi connectivity index (χ4n) is 2.77. The van der Waals surface area contributed by atoms with Crippen LogP contribution < -0.4 is 5.14 Å². The maximum atomic E-state index is 11.4. The minimum absolute atomic E-state index is 0.0755. The fraction of sp³-hybridized carbons (Fsp3) is 1.00. The Morgan fingerprint density at radius 2 is 1.78 bits per heavy atom. The van der Waals surface area contributed by atoms with Crippen LogP contribution in [0.5, 0.6) is 0 Å². The molecule has 1 saturated carbocycles. The summed E-state index contributed by atoms with van der Waals surface area (Å²) in [6.07, 6.45) is 8.56. The first-order valence-electron chi connectivity index (χ1n) is 7.06. The highest BCUT2D eigenvalue weighted by atomic mass is 32.2. The summed E-state index contributed by atoms with van der Waals surface area (Å²) in [5.74, 6) is 0.0755. The molecule has 18 heavy (non-hydrogen) atoms. The van der Waals surface area contributed by atoms with Crippen molar-refractivity contribution in [1.29, 1.82) is 0 Å². The molecule has 2 N–H and O–H groups in total. The Hall–Kier alpha value is -0.130. The van der Waals surface area contributed by atoms with Gasteiger partial charge in [0.1, 0.15) is 0 Å². The van der Waals surface area contributed by atoms with Crippen LogP contribution in [0, 0.1) is 5.41 Å². The molecule has 1 rings (SSSR count). The molecule has 0 aromatic heterocycles. The zero-order valence-corrected chi connectivity index (χ0v) is 12.3. The number of rotatable bonds is 7. The normalized spacial score (nSPS) is 20.6. The molecule has 0 aromatic carbocycles. The van der Waals surface area contributed by atoms with Crippen LogP contribution in [0.2, 0.25) is 0 Å². The van der Waals surface area contributed by atoms with Crippen LogP contribution in [-0.4, -0.2) is 27.4 Å². The van der Waals surface area contributed by atoms with E-state index in [1.807, 2.05) is 0 Å². The molecule has 0 aliphatic heterocycles. The van der Waals surface area contributed by atoms with Gasteiger partial charge in [-0.1, -0.05) is 39.0 Å². The zero-order chi connectivity index (χ0) is 13.5. The molecule has 0 spiro atoms. The smallest absolute Gasteiger partial charge is 0.209 e. The van der Waals surface area contributed by atoms with E-state index >= 15 is 0 Å². The van der Waals surface area contributed by atoms with Gasteiger partial charge in [0.25, 0.3) is 0 Å². The third kappa shape index (κ3) is 6.16. The largest absolute Gasteiger partial charge is 0.381 e. The molecule has 0 amide bonds. The van der Waals surface area contributed by atoms with Crippen LogP contribution in [0.3, 0.4) is 0 Å². The summed E-state index contributed by atoms with van der Waals surface area (Å²) in [4.78, 5) is 0. The van der Waals surface area contributed by atoms with Gasteiger partial charge in [-0.3, -0.25) is 0 Å². The first kappa shape index (κ1) is 15.9. The molecular weight excluding hydrogens is 250 g/mol. The summed E-state index contributed by atoms with van der Waals surface area (Å²) in [6.45, 7) is 3.39. The molecule has 1 aliphatic carbocycles. The van der Waals surface area contributed by atoms with Crippen molar-refractivity contribution in [1.82, 2.24) is 0 Å². The van der Waals surface area contributed by atoms with Crippen molar-refractivity contribution in [3.05, 3.63) is 0 Å². The lowest BCUT2D eigenvalue weighted by molar-refractivity contribution is 0.0445. The third-order valence-electron chi connectivity index (χ3n) is 3.72. The van der Waals surface area contributed by atoms with Crippen LogP contribution in [0.4, 0.5) is 0 Å². The summed E-state index contributed by atoms with van der Waals surface area (Å²) >= 11 is 0. The van der Waals surface area contributed by atoms with E-state index in [0.29, 0.717) is 6.61 Å². The van der Waals surface area contributed by atoms with Crippen molar-refractivity contribution >= 4 is 10.0 Å². The van der Waals surface area contributed by atoms with Gasteiger partial charge >= 0.3 is 0 Å². The lowest BCUT2D eigenvalue weighted by Gasteiger charge is -2.31. The highest BCUT2D eigenvalue weighted by Crippen LogP contribution is 2.36. The number of hydrogen-bond donors (Lipinski definition) is 1. The van der Waals surface area contributed by atoms with Crippen molar-refractivity contribution in [2.24, 2.45) is 10.6 Å². The van der Waals surface area contributed by atoms with Crippen LogP contribution in [0.15, 0.2) is 0 Å². The highest BCUT2D eigenvalue weighted by molar-refractivity contribution is 7.89. The third-order valence-corrected chi connectivity index (χ3v) is 4.74. The van der Waals surface area contributed by atoms with Gasteiger partial charge in [-0.25, -0.2) is 13.6 Å². The van der Waals surface area contributed by atoms with Crippen LogP contribution in [-0.2, 0) is 14.8 Å². The Balaban J connectivity index is 2.60. The second-order valence-electron chi connectivity index (χ2n) is 5.63. The maximum absolute atomic E-state index is 11.4. The van der Waals surface area contributed by atoms with Gasteiger partial charge in [0, 0.05) is 12.0 Å². The number of ether oxygens (including phenoxy) is 1. The summed E-state index contributed by atoms with van der Waals surface area (Å²) in [5, 5.41) is 5.25. The van der Waals surface area contributed by atoms with Gasteiger partial charge in [-0.15, -0.1) is 0 Å². The predicted octanol–water partition coefficient (Wildman–Crippen LogP) is 2.43. The number of hydrogen-bond acceptors (Lipinski definition) is 3.